The van der Waals surface area contributed by atoms with Crippen molar-refractivity contribution in [3.8, 4) is 5.75 Å². The molecule has 1 atom stereocenters. The second kappa shape index (κ2) is 14.5. The van der Waals surface area contributed by atoms with E-state index in [0.717, 1.165) is 22.6 Å². The van der Waals surface area contributed by atoms with E-state index in [1.54, 1.807) is 23.8 Å². The first-order chi connectivity index (χ1) is 17.9. The van der Waals surface area contributed by atoms with Gasteiger partial charge in [-0.15, -0.1) is 11.8 Å². The number of carbonyl (C=O) groups is 2. The summed E-state index contributed by atoms with van der Waals surface area (Å²) >= 11 is 1.57. The van der Waals surface area contributed by atoms with Crippen LogP contribution in [0.2, 0.25) is 0 Å². The molecule has 0 spiro atoms. The van der Waals surface area contributed by atoms with Crippen LogP contribution in [0.25, 0.3) is 0 Å². The molecule has 3 aromatic rings. The van der Waals surface area contributed by atoms with Crippen molar-refractivity contribution in [3.05, 3.63) is 101 Å². The summed E-state index contributed by atoms with van der Waals surface area (Å²) in [6, 6.07) is 25.3. The summed E-state index contributed by atoms with van der Waals surface area (Å²) in [6.07, 6.45) is 0.448. The summed E-state index contributed by atoms with van der Waals surface area (Å²) in [7, 11) is 1.63. The molecule has 0 fully saturated rings. The van der Waals surface area contributed by atoms with E-state index >= 15 is 0 Å². The van der Waals surface area contributed by atoms with Crippen LogP contribution in [0.4, 0.5) is 0 Å². The molecule has 3 aromatic carbocycles. The summed E-state index contributed by atoms with van der Waals surface area (Å²) in [5, 5.41) is 3.07. The first kappa shape index (κ1) is 28.3. The average molecular weight is 519 g/mol. The van der Waals surface area contributed by atoms with E-state index in [1.807, 2.05) is 54.6 Å². The number of aryl methyl sites for hydroxylation is 1. The largest absolute Gasteiger partial charge is 0.497 e. The molecule has 0 saturated heterocycles. The molecule has 6 heteroatoms. The first-order valence-electron chi connectivity index (χ1n) is 12.7. The smallest absolute Gasteiger partial charge is 0.243 e. The number of hydrogen-bond donors (Lipinski definition) is 1. The number of nitrogens with zero attached hydrogens (tertiary/aromatic N) is 1. The maximum absolute atomic E-state index is 13.7. The van der Waals surface area contributed by atoms with Crippen molar-refractivity contribution in [2.24, 2.45) is 5.92 Å². The number of benzene rings is 3. The van der Waals surface area contributed by atoms with E-state index in [2.05, 4.69) is 50.4 Å². The third-order valence-electron chi connectivity index (χ3n) is 6.06. The van der Waals surface area contributed by atoms with E-state index < -0.39 is 6.04 Å². The Morgan fingerprint density at radius 3 is 2.30 bits per heavy atom. The van der Waals surface area contributed by atoms with Crippen LogP contribution in [-0.2, 0) is 28.3 Å². The van der Waals surface area contributed by atoms with Gasteiger partial charge in [0, 0.05) is 25.3 Å². The van der Waals surface area contributed by atoms with Crippen molar-refractivity contribution in [1.29, 1.82) is 0 Å². The maximum Gasteiger partial charge on any atom is 0.243 e. The van der Waals surface area contributed by atoms with Gasteiger partial charge in [0.1, 0.15) is 11.8 Å². The van der Waals surface area contributed by atoms with Crippen LogP contribution >= 0.6 is 11.8 Å². The lowest BCUT2D eigenvalue weighted by Crippen LogP contribution is -2.51. The Bertz CT molecular complexity index is 1130. The summed E-state index contributed by atoms with van der Waals surface area (Å²) < 4.78 is 5.40. The molecule has 5 nitrogen and oxygen atoms in total. The van der Waals surface area contributed by atoms with Gasteiger partial charge in [-0.1, -0.05) is 86.1 Å². The Morgan fingerprint density at radius 1 is 0.919 bits per heavy atom. The normalized spacial score (nSPS) is 11.7. The van der Waals surface area contributed by atoms with Crippen LogP contribution < -0.4 is 10.1 Å². The zero-order chi connectivity index (χ0) is 26.6. The Hall–Kier alpha value is -3.25. The predicted octanol–water partition coefficient (Wildman–Crippen LogP) is 5.65. The number of thioether (sulfide) groups is 1. The Balaban J connectivity index is 1.85. The minimum atomic E-state index is -0.625. The van der Waals surface area contributed by atoms with Crippen molar-refractivity contribution in [2.75, 3.05) is 19.4 Å². The van der Waals surface area contributed by atoms with Gasteiger partial charge in [-0.25, -0.2) is 0 Å². The topological polar surface area (TPSA) is 58.6 Å². The van der Waals surface area contributed by atoms with Crippen LogP contribution in [0.1, 0.15) is 36.1 Å². The molecular formula is C31H38N2O3S. The lowest BCUT2D eigenvalue weighted by atomic mass is 10.0. The summed E-state index contributed by atoms with van der Waals surface area (Å²) in [5.74, 6) is 1.89. The van der Waals surface area contributed by atoms with Crippen LogP contribution in [-0.4, -0.2) is 42.2 Å². The summed E-state index contributed by atoms with van der Waals surface area (Å²) in [5.41, 5.74) is 4.33. The lowest BCUT2D eigenvalue weighted by Gasteiger charge is -2.32. The monoisotopic (exact) mass is 518 g/mol. The van der Waals surface area contributed by atoms with Gasteiger partial charge < -0.3 is 15.0 Å². The van der Waals surface area contributed by atoms with Crippen molar-refractivity contribution in [1.82, 2.24) is 10.2 Å². The van der Waals surface area contributed by atoms with Gasteiger partial charge in [0.15, 0.2) is 0 Å². The van der Waals surface area contributed by atoms with Gasteiger partial charge in [0.25, 0.3) is 0 Å². The molecule has 0 radical (unpaired) electrons. The Morgan fingerprint density at radius 2 is 1.62 bits per heavy atom. The number of carbonyl (C=O) groups excluding carboxylic acids is 2. The van der Waals surface area contributed by atoms with Crippen LogP contribution in [0.15, 0.2) is 78.9 Å². The minimum absolute atomic E-state index is 0.0550. The molecular weight excluding hydrogens is 480 g/mol. The van der Waals surface area contributed by atoms with E-state index in [9.17, 15) is 9.59 Å². The highest BCUT2D eigenvalue weighted by Gasteiger charge is 2.30. The van der Waals surface area contributed by atoms with Gasteiger partial charge in [0.05, 0.1) is 12.9 Å². The summed E-state index contributed by atoms with van der Waals surface area (Å²) in [6.45, 7) is 7.08. The third kappa shape index (κ3) is 9.29. The third-order valence-corrected chi connectivity index (χ3v) is 7.05. The highest BCUT2D eigenvalue weighted by atomic mass is 32.2. The van der Waals surface area contributed by atoms with E-state index in [0.29, 0.717) is 31.2 Å². The highest BCUT2D eigenvalue weighted by molar-refractivity contribution is 7.99. The fourth-order valence-electron chi connectivity index (χ4n) is 3.97. The van der Waals surface area contributed by atoms with Crippen molar-refractivity contribution in [3.63, 3.8) is 0 Å². The molecule has 0 aromatic heterocycles. The van der Waals surface area contributed by atoms with Crippen molar-refractivity contribution in [2.45, 2.75) is 45.5 Å². The van der Waals surface area contributed by atoms with E-state index in [4.69, 9.17) is 4.74 Å². The molecule has 0 aliphatic heterocycles. The molecule has 0 aliphatic rings. The van der Waals surface area contributed by atoms with E-state index in [-0.39, 0.29) is 11.8 Å². The molecule has 0 heterocycles. The van der Waals surface area contributed by atoms with Gasteiger partial charge in [0.2, 0.25) is 11.8 Å². The maximum atomic E-state index is 13.7. The number of nitrogens with one attached hydrogen (secondary N) is 1. The fraction of sp³-hybridized carbons (Fsp3) is 0.355. The molecule has 0 aliphatic carbocycles. The second-order valence-electron chi connectivity index (χ2n) is 9.70. The average Bonchev–Trinajstić information content (AvgIpc) is 2.91. The standard InChI is InChI=1S/C31H38N2O3S/c1-23(2)19-32-31(35)29(18-25-9-6-5-7-10-25)33(20-27-11-8-12-28(17-27)36-4)30(34)22-37-21-26-15-13-24(3)14-16-26/h5-17,23,29H,18-22H2,1-4H3,(H,32,35)/t29-/m0/s1. The predicted molar refractivity (Wildman–Crippen MR) is 153 cm³/mol. The van der Waals surface area contributed by atoms with Gasteiger partial charge in [-0.05, 0) is 41.7 Å². The number of hydrogen-bond acceptors (Lipinski definition) is 4. The highest BCUT2D eigenvalue weighted by Crippen LogP contribution is 2.21. The quantitative estimate of drug-likeness (QED) is 0.318. The number of ether oxygens (including phenoxy) is 1. The van der Waals surface area contributed by atoms with Crippen molar-refractivity contribution >= 4 is 23.6 Å². The molecule has 1 N–H and O–H groups in total. The van der Waals surface area contributed by atoms with Crippen LogP contribution in [0, 0.1) is 12.8 Å². The van der Waals surface area contributed by atoms with Crippen LogP contribution in [0.3, 0.4) is 0 Å². The number of rotatable bonds is 13. The molecule has 0 unspecified atom stereocenters. The fourth-order valence-corrected chi connectivity index (χ4v) is 4.84. The van der Waals surface area contributed by atoms with Gasteiger partial charge >= 0.3 is 0 Å². The second-order valence-corrected chi connectivity index (χ2v) is 10.7. The lowest BCUT2D eigenvalue weighted by molar-refractivity contribution is -0.139. The first-order valence-corrected chi connectivity index (χ1v) is 13.9. The molecule has 196 valence electrons. The van der Waals surface area contributed by atoms with Gasteiger partial charge in [-0.2, -0.15) is 0 Å². The molecule has 2 amide bonds. The molecule has 37 heavy (non-hydrogen) atoms. The Labute approximate surface area is 225 Å². The zero-order valence-electron chi connectivity index (χ0n) is 22.3. The molecule has 0 saturated carbocycles. The molecule has 3 rings (SSSR count). The number of methoxy groups -OCH3 is 1. The SMILES string of the molecule is COc1cccc(CN(C(=O)CSCc2ccc(C)cc2)[C@@H](Cc2ccccc2)C(=O)NCC(C)C)c1. The molecule has 0 bridgehead atoms. The van der Waals surface area contributed by atoms with Crippen LogP contribution in [0.5, 0.6) is 5.75 Å². The minimum Gasteiger partial charge on any atom is -0.497 e. The Kier molecular flexibility index (Phi) is 11.1. The van der Waals surface area contributed by atoms with Crippen molar-refractivity contribution < 1.29 is 14.3 Å². The van der Waals surface area contributed by atoms with E-state index in [1.165, 1.54) is 11.1 Å². The summed E-state index contributed by atoms with van der Waals surface area (Å²) in [4.78, 5) is 29.0. The zero-order valence-corrected chi connectivity index (χ0v) is 23.1. The van der Waals surface area contributed by atoms with Gasteiger partial charge in [-0.3, -0.25) is 9.59 Å². The number of amides is 2.